The monoisotopic (exact) mass is 283 g/mol. The predicted octanol–water partition coefficient (Wildman–Crippen LogP) is 3.34. The average Bonchev–Trinajstić information content (AvgIpc) is 2.48. The first-order valence-electron chi connectivity index (χ1n) is 6.49. The number of carbonyl (C=O) groups excluding carboxylic acids is 1. The summed E-state index contributed by atoms with van der Waals surface area (Å²) in [5.41, 5.74) is 0.0748. The average molecular weight is 283 g/mol. The highest BCUT2D eigenvalue weighted by Crippen LogP contribution is 2.16. The molecule has 6 heteroatoms. The standard InChI is InChI=1S/C7H7NO3.C7H14O2/c1-11-7-4-2-6(3-5-7)8(9)10;1-2-3-4-5-6-9-7-8/h2-5H,1H3;7H,2-6H2,1H3. The Kier molecular flexibility index (Phi) is 10.7. The molecule has 0 saturated heterocycles. The summed E-state index contributed by atoms with van der Waals surface area (Å²) in [4.78, 5) is 19.3. The van der Waals surface area contributed by atoms with Crippen molar-refractivity contribution in [1.29, 1.82) is 0 Å². The first-order valence-corrected chi connectivity index (χ1v) is 6.49. The molecule has 112 valence electrons. The van der Waals surface area contributed by atoms with E-state index in [-0.39, 0.29) is 5.69 Å². The van der Waals surface area contributed by atoms with Gasteiger partial charge in [-0.3, -0.25) is 14.9 Å². The molecule has 1 aromatic rings. The zero-order chi connectivity index (χ0) is 15.2. The Morgan fingerprint density at radius 1 is 1.20 bits per heavy atom. The van der Waals surface area contributed by atoms with Gasteiger partial charge in [0.25, 0.3) is 12.2 Å². The van der Waals surface area contributed by atoms with Crippen molar-refractivity contribution >= 4 is 12.2 Å². The zero-order valence-electron chi connectivity index (χ0n) is 11.9. The van der Waals surface area contributed by atoms with Gasteiger partial charge in [-0.2, -0.15) is 0 Å². The smallest absolute Gasteiger partial charge is 0.293 e. The number of nitro groups is 1. The van der Waals surface area contributed by atoms with E-state index in [1.165, 1.54) is 38.5 Å². The fraction of sp³-hybridized carbons (Fsp3) is 0.500. The van der Waals surface area contributed by atoms with Gasteiger partial charge in [0.05, 0.1) is 18.6 Å². The van der Waals surface area contributed by atoms with E-state index < -0.39 is 4.92 Å². The van der Waals surface area contributed by atoms with Crippen LogP contribution in [0.4, 0.5) is 5.69 Å². The zero-order valence-corrected chi connectivity index (χ0v) is 11.9. The third kappa shape index (κ3) is 8.91. The first-order chi connectivity index (χ1) is 9.65. The van der Waals surface area contributed by atoms with Crippen LogP contribution in [0, 0.1) is 10.1 Å². The van der Waals surface area contributed by atoms with Gasteiger partial charge in [0.15, 0.2) is 0 Å². The van der Waals surface area contributed by atoms with Crippen LogP contribution in [-0.4, -0.2) is 25.1 Å². The van der Waals surface area contributed by atoms with E-state index in [0.717, 1.165) is 6.42 Å². The van der Waals surface area contributed by atoms with E-state index in [1.54, 1.807) is 12.1 Å². The summed E-state index contributed by atoms with van der Waals surface area (Å²) in [6.07, 6.45) is 4.64. The third-order valence-electron chi connectivity index (χ3n) is 2.47. The van der Waals surface area contributed by atoms with Crippen LogP contribution in [0.2, 0.25) is 0 Å². The molecule has 0 amide bonds. The number of benzene rings is 1. The van der Waals surface area contributed by atoms with Gasteiger partial charge in [0.1, 0.15) is 5.75 Å². The van der Waals surface area contributed by atoms with Crippen LogP contribution in [0.3, 0.4) is 0 Å². The van der Waals surface area contributed by atoms with Crippen LogP contribution in [0.1, 0.15) is 32.6 Å². The normalized spacial score (nSPS) is 9.10. The van der Waals surface area contributed by atoms with E-state index >= 15 is 0 Å². The Morgan fingerprint density at radius 3 is 2.30 bits per heavy atom. The van der Waals surface area contributed by atoms with Gasteiger partial charge in [0, 0.05) is 12.1 Å². The van der Waals surface area contributed by atoms with Crippen LogP contribution in [-0.2, 0) is 9.53 Å². The summed E-state index contributed by atoms with van der Waals surface area (Å²) in [6, 6.07) is 5.91. The second kappa shape index (κ2) is 12.0. The maximum atomic E-state index is 10.2. The number of rotatable bonds is 8. The van der Waals surface area contributed by atoms with Crippen molar-refractivity contribution in [2.45, 2.75) is 32.6 Å². The van der Waals surface area contributed by atoms with E-state index in [9.17, 15) is 14.9 Å². The van der Waals surface area contributed by atoms with Crippen LogP contribution in [0.5, 0.6) is 5.75 Å². The molecule has 0 atom stereocenters. The van der Waals surface area contributed by atoms with Crippen LogP contribution in [0.25, 0.3) is 0 Å². The van der Waals surface area contributed by atoms with Crippen LogP contribution in [0.15, 0.2) is 24.3 Å². The molecule has 1 rings (SSSR count). The van der Waals surface area contributed by atoms with Gasteiger partial charge >= 0.3 is 0 Å². The van der Waals surface area contributed by atoms with Crippen molar-refractivity contribution in [3.05, 3.63) is 34.4 Å². The Morgan fingerprint density at radius 2 is 1.85 bits per heavy atom. The quantitative estimate of drug-likeness (QED) is 0.316. The molecule has 0 saturated carbocycles. The molecule has 0 fully saturated rings. The van der Waals surface area contributed by atoms with E-state index in [1.807, 2.05) is 0 Å². The second-order valence-electron chi connectivity index (χ2n) is 3.98. The van der Waals surface area contributed by atoms with Gasteiger partial charge in [-0.05, 0) is 18.6 Å². The van der Waals surface area contributed by atoms with Gasteiger partial charge < -0.3 is 9.47 Å². The summed E-state index contributed by atoms with van der Waals surface area (Å²) in [7, 11) is 1.52. The molecule has 0 heterocycles. The molecular weight excluding hydrogens is 262 g/mol. The minimum atomic E-state index is -0.445. The number of carbonyl (C=O) groups is 1. The Balaban J connectivity index is 0.000000370. The second-order valence-corrected chi connectivity index (χ2v) is 3.98. The minimum Gasteiger partial charge on any atom is -0.497 e. The Labute approximate surface area is 118 Å². The van der Waals surface area contributed by atoms with E-state index in [2.05, 4.69) is 11.7 Å². The lowest BCUT2D eigenvalue weighted by atomic mass is 10.2. The molecule has 1 aromatic carbocycles. The third-order valence-corrected chi connectivity index (χ3v) is 2.47. The molecule has 0 N–H and O–H groups in total. The van der Waals surface area contributed by atoms with Gasteiger partial charge in [0.2, 0.25) is 0 Å². The lowest BCUT2D eigenvalue weighted by molar-refractivity contribution is -0.384. The fourth-order valence-electron chi connectivity index (χ4n) is 1.36. The number of methoxy groups -OCH3 is 1. The summed E-state index contributed by atoms with van der Waals surface area (Å²) in [5.74, 6) is 0.621. The number of ether oxygens (including phenoxy) is 2. The maximum Gasteiger partial charge on any atom is 0.293 e. The number of non-ortho nitro benzene ring substituents is 1. The topological polar surface area (TPSA) is 78.7 Å². The van der Waals surface area contributed by atoms with E-state index in [4.69, 9.17) is 4.74 Å². The summed E-state index contributed by atoms with van der Waals surface area (Å²) >= 11 is 0. The number of nitrogens with zero attached hydrogens (tertiary/aromatic N) is 1. The molecule has 0 aliphatic heterocycles. The van der Waals surface area contributed by atoms with Gasteiger partial charge in [-0.1, -0.05) is 26.2 Å². The highest BCUT2D eigenvalue weighted by atomic mass is 16.6. The van der Waals surface area contributed by atoms with Crippen LogP contribution >= 0.6 is 0 Å². The largest absolute Gasteiger partial charge is 0.497 e. The minimum absolute atomic E-state index is 0.0748. The summed E-state index contributed by atoms with van der Waals surface area (Å²) in [6.45, 7) is 3.25. The fourth-order valence-corrected chi connectivity index (χ4v) is 1.36. The Hall–Kier alpha value is -2.11. The molecule has 0 aliphatic carbocycles. The number of nitro benzene ring substituents is 1. The van der Waals surface area contributed by atoms with Crippen molar-refractivity contribution < 1.29 is 19.2 Å². The number of unbranched alkanes of at least 4 members (excludes halogenated alkanes) is 3. The molecule has 0 unspecified atom stereocenters. The SMILES string of the molecule is CCCCCCOC=O.COc1ccc([N+](=O)[O-])cc1. The van der Waals surface area contributed by atoms with Crippen molar-refractivity contribution in [2.24, 2.45) is 0 Å². The molecule has 0 spiro atoms. The van der Waals surface area contributed by atoms with Gasteiger partial charge in [-0.25, -0.2) is 0 Å². The van der Waals surface area contributed by atoms with E-state index in [0.29, 0.717) is 18.8 Å². The number of hydrogen-bond donors (Lipinski definition) is 0. The molecular formula is C14H21NO5. The maximum absolute atomic E-state index is 10.2. The predicted molar refractivity (Wildman–Crippen MR) is 75.8 cm³/mol. The summed E-state index contributed by atoms with van der Waals surface area (Å²) in [5, 5.41) is 10.2. The molecule has 20 heavy (non-hydrogen) atoms. The molecule has 0 radical (unpaired) electrons. The van der Waals surface area contributed by atoms with Crippen molar-refractivity contribution in [1.82, 2.24) is 0 Å². The number of hydrogen-bond acceptors (Lipinski definition) is 5. The summed E-state index contributed by atoms with van der Waals surface area (Å²) < 4.78 is 9.33. The lowest BCUT2D eigenvalue weighted by Crippen LogP contribution is -1.90. The molecule has 0 bridgehead atoms. The highest BCUT2D eigenvalue weighted by molar-refractivity contribution is 5.36. The van der Waals surface area contributed by atoms with Gasteiger partial charge in [-0.15, -0.1) is 0 Å². The highest BCUT2D eigenvalue weighted by Gasteiger charge is 2.02. The van der Waals surface area contributed by atoms with Crippen molar-refractivity contribution in [3.8, 4) is 5.75 Å². The van der Waals surface area contributed by atoms with Crippen molar-refractivity contribution in [2.75, 3.05) is 13.7 Å². The lowest BCUT2D eigenvalue weighted by Gasteiger charge is -1.96. The molecule has 0 aliphatic rings. The molecule has 6 nitrogen and oxygen atoms in total. The molecule has 0 aromatic heterocycles. The van der Waals surface area contributed by atoms with Crippen molar-refractivity contribution in [3.63, 3.8) is 0 Å². The van der Waals surface area contributed by atoms with Crippen LogP contribution < -0.4 is 4.74 Å². The first kappa shape index (κ1) is 17.9. The Bertz CT molecular complexity index is 378.